The van der Waals surface area contributed by atoms with Crippen LogP contribution in [0.3, 0.4) is 0 Å². The highest BCUT2D eigenvalue weighted by molar-refractivity contribution is 6.14. The van der Waals surface area contributed by atoms with E-state index in [2.05, 4.69) is 0 Å². The number of hydrogen-bond acceptors (Lipinski definition) is 7. The van der Waals surface area contributed by atoms with Crippen LogP contribution < -0.4 is 18.9 Å². The number of allylic oxidation sites excluding steroid dienone is 1. The van der Waals surface area contributed by atoms with E-state index in [4.69, 9.17) is 28.4 Å². The van der Waals surface area contributed by atoms with Crippen molar-refractivity contribution in [1.29, 1.82) is 0 Å². The van der Waals surface area contributed by atoms with Gasteiger partial charge in [0.1, 0.15) is 11.5 Å². The number of ketones is 1. The van der Waals surface area contributed by atoms with Crippen LogP contribution in [0.15, 0.2) is 42.2 Å². The Morgan fingerprint density at radius 1 is 0.926 bits per heavy atom. The summed E-state index contributed by atoms with van der Waals surface area (Å²) < 4.78 is 31.6. The fraction of sp³-hybridized carbons (Fsp3) is 0.250. The number of benzene rings is 2. The zero-order valence-corrected chi connectivity index (χ0v) is 15.3. The number of rotatable bonds is 8. The minimum absolute atomic E-state index is 0.0848. The first-order valence-electron chi connectivity index (χ1n) is 8.16. The Morgan fingerprint density at radius 2 is 1.70 bits per heavy atom. The van der Waals surface area contributed by atoms with Crippen LogP contribution in [0.25, 0.3) is 6.08 Å². The van der Waals surface area contributed by atoms with Crippen LogP contribution in [0, 0.1) is 0 Å². The van der Waals surface area contributed by atoms with Crippen LogP contribution in [-0.4, -0.2) is 40.7 Å². The van der Waals surface area contributed by atoms with Crippen LogP contribution >= 0.6 is 0 Å². The second-order valence-electron chi connectivity index (χ2n) is 5.61. The summed E-state index contributed by atoms with van der Waals surface area (Å²) >= 11 is 0. The SMILES string of the molecule is COCOc1ccc2c(c1)O/C(=C\c1ccc(OC)c(OCOC)c1)C2=O. The van der Waals surface area contributed by atoms with Gasteiger partial charge in [-0.05, 0) is 35.9 Å². The van der Waals surface area contributed by atoms with Crippen molar-refractivity contribution in [3.63, 3.8) is 0 Å². The summed E-state index contributed by atoms with van der Waals surface area (Å²) in [5.74, 6) is 2.10. The van der Waals surface area contributed by atoms with Crippen LogP contribution in [0.5, 0.6) is 23.0 Å². The molecule has 0 saturated heterocycles. The second-order valence-corrected chi connectivity index (χ2v) is 5.61. The number of Topliss-reactive ketones (excluding diaryl/α,β-unsaturated/α-hetero) is 1. The summed E-state index contributed by atoms with van der Waals surface area (Å²) in [4.78, 5) is 12.6. The standard InChI is InChI=1S/C20H20O7/c1-22-11-25-14-5-6-15-17(10-14)27-19(20(15)21)9-13-4-7-16(24-3)18(8-13)26-12-23-2/h4-10H,11-12H2,1-3H3/b19-9-. The van der Waals surface area contributed by atoms with Gasteiger partial charge in [-0.2, -0.15) is 0 Å². The Labute approximate surface area is 157 Å². The van der Waals surface area contributed by atoms with Gasteiger partial charge in [0.05, 0.1) is 12.7 Å². The predicted molar refractivity (Wildman–Crippen MR) is 97.4 cm³/mol. The highest BCUT2D eigenvalue weighted by atomic mass is 16.7. The molecule has 27 heavy (non-hydrogen) atoms. The fourth-order valence-corrected chi connectivity index (χ4v) is 2.55. The largest absolute Gasteiger partial charge is 0.493 e. The molecule has 0 radical (unpaired) electrons. The first-order chi connectivity index (χ1) is 13.2. The van der Waals surface area contributed by atoms with E-state index in [-0.39, 0.29) is 25.1 Å². The smallest absolute Gasteiger partial charge is 0.231 e. The van der Waals surface area contributed by atoms with Gasteiger partial charge in [0.25, 0.3) is 0 Å². The Kier molecular flexibility index (Phi) is 5.95. The minimum atomic E-state index is -0.196. The van der Waals surface area contributed by atoms with Crippen molar-refractivity contribution in [2.24, 2.45) is 0 Å². The van der Waals surface area contributed by atoms with E-state index in [9.17, 15) is 4.79 Å². The van der Waals surface area contributed by atoms with Crippen LogP contribution in [0.2, 0.25) is 0 Å². The van der Waals surface area contributed by atoms with Crippen molar-refractivity contribution in [3.8, 4) is 23.0 Å². The second kappa shape index (κ2) is 8.57. The van der Waals surface area contributed by atoms with Gasteiger partial charge in [-0.15, -0.1) is 0 Å². The first-order valence-corrected chi connectivity index (χ1v) is 8.16. The van der Waals surface area contributed by atoms with E-state index in [1.807, 2.05) is 0 Å². The summed E-state index contributed by atoms with van der Waals surface area (Å²) in [6.45, 7) is 0.201. The molecule has 0 aliphatic carbocycles. The average Bonchev–Trinajstić information content (AvgIpc) is 2.99. The zero-order chi connectivity index (χ0) is 19.2. The molecule has 0 spiro atoms. The van der Waals surface area contributed by atoms with Crippen molar-refractivity contribution in [3.05, 3.63) is 53.3 Å². The van der Waals surface area contributed by atoms with E-state index in [1.54, 1.807) is 49.6 Å². The Balaban J connectivity index is 1.84. The molecule has 1 aliphatic heterocycles. The number of hydrogen-bond donors (Lipinski definition) is 0. The Bertz CT molecular complexity index is 857. The molecule has 0 N–H and O–H groups in total. The highest BCUT2D eigenvalue weighted by Crippen LogP contribution is 2.36. The molecule has 0 amide bonds. The van der Waals surface area contributed by atoms with E-state index in [0.29, 0.717) is 28.6 Å². The molecule has 1 aliphatic rings. The normalized spacial score (nSPS) is 14.0. The van der Waals surface area contributed by atoms with Crippen LogP contribution in [-0.2, 0) is 9.47 Å². The maximum atomic E-state index is 12.6. The highest BCUT2D eigenvalue weighted by Gasteiger charge is 2.27. The van der Waals surface area contributed by atoms with Gasteiger partial charge in [-0.3, -0.25) is 4.79 Å². The van der Waals surface area contributed by atoms with Gasteiger partial charge in [0.2, 0.25) is 5.78 Å². The lowest BCUT2D eigenvalue weighted by atomic mass is 10.1. The number of fused-ring (bicyclic) bond motifs is 1. The number of carbonyl (C=O) groups excluding carboxylic acids is 1. The van der Waals surface area contributed by atoms with Gasteiger partial charge in [-0.1, -0.05) is 6.07 Å². The summed E-state index contributed by atoms with van der Waals surface area (Å²) in [7, 11) is 4.62. The third-order valence-corrected chi connectivity index (χ3v) is 3.80. The lowest BCUT2D eigenvalue weighted by molar-refractivity contribution is 0.0491. The molecule has 0 unspecified atom stereocenters. The molecule has 2 aromatic rings. The molecule has 0 atom stereocenters. The van der Waals surface area contributed by atoms with Crippen molar-refractivity contribution >= 4 is 11.9 Å². The molecule has 2 aromatic carbocycles. The van der Waals surface area contributed by atoms with E-state index >= 15 is 0 Å². The quantitative estimate of drug-likeness (QED) is 0.520. The molecule has 0 fully saturated rings. The number of ether oxygens (including phenoxy) is 6. The third kappa shape index (κ3) is 4.21. The molecule has 0 bridgehead atoms. The Hall–Kier alpha value is -3.03. The van der Waals surface area contributed by atoms with Gasteiger partial charge < -0.3 is 28.4 Å². The molecule has 7 heteroatoms. The summed E-state index contributed by atoms with van der Waals surface area (Å²) in [5.41, 5.74) is 1.21. The number of carbonyl (C=O) groups is 1. The van der Waals surface area contributed by atoms with Gasteiger partial charge in [-0.25, -0.2) is 0 Å². The lowest BCUT2D eigenvalue weighted by Gasteiger charge is -2.10. The summed E-state index contributed by atoms with van der Waals surface area (Å²) in [5, 5.41) is 0. The molecule has 1 heterocycles. The first kappa shape index (κ1) is 18.8. The molecular weight excluding hydrogens is 352 g/mol. The lowest BCUT2D eigenvalue weighted by Crippen LogP contribution is -2.01. The third-order valence-electron chi connectivity index (χ3n) is 3.80. The van der Waals surface area contributed by atoms with Crippen molar-refractivity contribution < 1.29 is 33.2 Å². The zero-order valence-electron chi connectivity index (χ0n) is 15.3. The molecule has 142 valence electrons. The number of methoxy groups -OCH3 is 3. The minimum Gasteiger partial charge on any atom is -0.493 e. The van der Waals surface area contributed by atoms with Gasteiger partial charge >= 0.3 is 0 Å². The molecule has 0 aromatic heterocycles. The summed E-state index contributed by atoms with van der Waals surface area (Å²) in [6, 6.07) is 10.3. The average molecular weight is 372 g/mol. The van der Waals surface area contributed by atoms with Crippen molar-refractivity contribution in [2.45, 2.75) is 0 Å². The topological polar surface area (TPSA) is 72.5 Å². The molecule has 7 nitrogen and oxygen atoms in total. The van der Waals surface area contributed by atoms with Gasteiger partial charge in [0.15, 0.2) is 30.8 Å². The van der Waals surface area contributed by atoms with Crippen LogP contribution in [0.1, 0.15) is 15.9 Å². The monoisotopic (exact) mass is 372 g/mol. The van der Waals surface area contributed by atoms with E-state index in [0.717, 1.165) is 5.56 Å². The molecule has 3 rings (SSSR count). The molecule has 0 saturated carbocycles. The maximum absolute atomic E-state index is 12.6. The maximum Gasteiger partial charge on any atom is 0.231 e. The van der Waals surface area contributed by atoms with Crippen molar-refractivity contribution in [1.82, 2.24) is 0 Å². The van der Waals surface area contributed by atoms with Gasteiger partial charge in [0, 0.05) is 20.3 Å². The fourth-order valence-electron chi connectivity index (χ4n) is 2.55. The van der Waals surface area contributed by atoms with Crippen LogP contribution in [0.4, 0.5) is 0 Å². The predicted octanol–water partition coefficient (Wildman–Crippen LogP) is 3.28. The molecular formula is C20H20O7. The van der Waals surface area contributed by atoms with Crippen molar-refractivity contribution in [2.75, 3.05) is 34.9 Å². The summed E-state index contributed by atoms with van der Waals surface area (Å²) in [6.07, 6.45) is 1.65. The Morgan fingerprint density at radius 3 is 2.44 bits per heavy atom. The van der Waals surface area contributed by atoms with E-state index in [1.165, 1.54) is 14.2 Å². The van der Waals surface area contributed by atoms with E-state index < -0.39 is 0 Å².